The van der Waals surface area contributed by atoms with Crippen LogP contribution in [-0.2, 0) is 55.5 Å². The van der Waals surface area contributed by atoms with E-state index in [1.807, 2.05) is 0 Å². The average molecular weight is 918 g/mol. The Bertz CT molecular complexity index is 1840. The van der Waals surface area contributed by atoms with Gasteiger partial charge in [-0.1, -0.05) is 25.6 Å². The Morgan fingerprint density at radius 1 is 1.05 bits per heavy atom. The number of phosphoric ester groups is 3. The molecule has 0 saturated carbocycles. The molecule has 304 valence electrons. The molecule has 1 saturated heterocycles. The second-order valence-corrected chi connectivity index (χ2v) is 17.4. The quantitative estimate of drug-likeness (QED) is 0.0293. The number of fused-ring (bicyclic) bond motifs is 1. The average Bonchev–Trinajstić information content (AvgIpc) is 3.60. The molecule has 57 heavy (non-hydrogen) atoms. The molecule has 8 atom stereocenters. The van der Waals surface area contributed by atoms with Crippen LogP contribution in [-0.4, -0.2) is 114 Å². The van der Waals surface area contributed by atoms with Crippen LogP contribution in [0.1, 0.15) is 39.8 Å². The molecular formula is C25H37N7Na3O18P3S. The molecule has 0 aliphatic carbocycles. The van der Waals surface area contributed by atoms with Gasteiger partial charge in [-0.15, -0.1) is 0 Å². The van der Waals surface area contributed by atoms with Gasteiger partial charge in [0.25, 0.3) is 23.5 Å². The summed E-state index contributed by atoms with van der Waals surface area (Å²) in [7, 11) is -17.3. The summed E-state index contributed by atoms with van der Waals surface area (Å²) in [6.07, 6.45) is -7.72. The van der Waals surface area contributed by atoms with Crippen molar-refractivity contribution in [2.24, 2.45) is 5.41 Å². The first-order valence-electron chi connectivity index (χ1n) is 15.4. The number of amides is 2. The van der Waals surface area contributed by atoms with Crippen LogP contribution in [0, 0.1) is 5.41 Å². The predicted octanol–water partition coefficient (Wildman–Crippen LogP) is -12.2. The van der Waals surface area contributed by atoms with Gasteiger partial charge < -0.3 is 64.5 Å². The number of ether oxygens (including phenoxy) is 1. The third-order valence-corrected chi connectivity index (χ3v) is 11.0. The van der Waals surface area contributed by atoms with E-state index >= 15 is 0 Å². The second kappa shape index (κ2) is 24.8. The normalized spacial score (nSPS) is 21.6. The first-order valence-corrected chi connectivity index (χ1v) is 20.8. The molecule has 0 bridgehead atoms. The summed E-state index contributed by atoms with van der Waals surface area (Å²) < 4.78 is 60.6. The molecule has 32 heteroatoms. The number of nitrogen functional groups attached to an aromatic ring is 1. The largest absolute Gasteiger partial charge is 1.00 e. The molecule has 7 N–H and O–H groups in total. The number of aromatic nitrogens is 4. The first-order chi connectivity index (χ1) is 24.9. The van der Waals surface area contributed by atoms with Crippen molar-refractivity contribution in [2.45, 2.75) is 64.3 Å². The van der Waals surface area contributed by atoms with Crippen LogP contribution in [0.4, 0.5) is 5.82 Å². The molecule has 0 spiro atoms. The molecule has 2 aromatic heterocycles. The number of aliphatic hydroxyl groups is 2. The SMILES string of the molecule is CC(=O)CC(=O)SCCNC(=O)CCNC(=O)[C@H](O)C(C)(C)COP(=O)([O-])OP(=O)([O-])OC[C@H]1O[C@@H](n2cnc3c(N)ncnc32)[C@H](O)[C@@H]1OP(=O)([O-])O.[Na+].[Na+].[Na+]. The number of ketones is 1. The van der Waals surface area contributed by atoms with Crippen LogP contribution in [0.5, 0.6) is 0 Å². The standard InChI is InChI=1S/C25H40N7O18P3S.3Na/c1-13(33)8-16(35)54-7-6-27-15(34)4-5-28-23(38)20(37)25(2,3)10-47-53(44,45)50-52(42,43)46-9-14-19(49-51(39,40)41)18(36)24(48-14)32-12-31-17-21(26)29-11-30-22(17)32;;;/h11-12,14,18-20,24,36-37H,4-10H2,1-3H3,(H,27,34)(H,28,38)(H,42,43)(H,44,45)(H2,26,29,30)(H2,39,40,41);;;/q;3*+1/p-3/t14-,18-,19-,20+,24-;;;/m1.../s1. The van der Waals surface area contributed by atoms with Crippen molar-refractivity contribution in [3.63, 3.8) is 0 Å². The van der Waals surface area contributed by atoms with Gasteiger partial charge >= 0.3 is 88.7 Å². The molecule has 3 rings (SSSR count). The van der Waals surface area contributed by atoms with Gasteiger partial charge in [-0.2, -0.15) is 0 Å². The van der Waals surface area contributed by atoms with Crippen molar-refractivity contribution in [3.05, 3.63) is 12.7 Å². The molecule has 1 aliphatic rings. The minimum atomic E-state index is -5.90. The van der Waals surface area contributed by atoms with Crippen LogP contribution in [0.2, 0.25) is 0 Å². The van der Waals surface area contributed by atoms with Crippen molar-refractivity contribution >= 4 is 74.9 Å². The summed E-state index contributed by atoms with van der Waals surface area (Å²) in [4.78, 5) is 104. The number of rotatable bonds is 21. The van der Waals surface area contributed by atoms with Crippen LogP contribution in [0.3, 0.4) is 0 Å². The number of nitrogens with one attached hydrogen (secondary N) is 2. The number of Topliss-reactive ketones (excluding diaryl/α,β-unsaturated/α-hetero) is 1. The maximum Gasteiger partial charge on any atom is 1.00 e. The molecule has 0 radical (unpaired) electrons. The number of anilines is 1. The third-order valence-electron chi connectivity index (χ3n) is 7.14. The summed E-state index contributed by atoms with van der Waals surface area (Å²) in [5.74, 6) is -1.70. The van der Waals surface area contributed by atoms with E-state index in [0.29, 0.717) is 0 Å². The Morgan fingerprint density at radius 2 is 1.68 bits per heavy atom. The molecule has 1 fully saturated rings. The summed E-state index contributed by atoms with van der Waals surface area (Å²) in [5.41, 5.74) is 4.07. The van der Waals surface area contributed by atoms with Crippen molar-refractivity contribution in [2.75, 3.05) is 37.8 Å². The van der Waals surface area contributed by atoms with E-state index < -0.39 is 84.6 Å². The molecule has 1 aliphatic heterocycles. The van der Waals surface area contributed by atoms with Gasteiger partial charge in [-0.25, -0.2) is 19.3 Å². The van der Waals surface area contributed by atoms with E-state index in [0.717, 1.165) is 29.0 Å². The van der Waals surface area contributed by atoms with Crippen molar-refractivity contribution in [3.8, 4) is 0 Å². The van der Waals surface area contributed by atoms with Gasteiger partial charge in [0.2, 0.25) is 11.8 Å². The predicted molar refractivity (Wildman–Crippen MR) is 176 cm³/mol. The maximum absolute atomic E-state index is 12.5. The summed E-state index contributed by atoms with van der Waals surface area (Å²) in [6.45, 7) is 1.22. The van der Waals surface area contributed by atoms with Gasteiger partial charge in [-0.05, 0) is 6.92 Å². The third kappa shape index (κ3) is 18.6. The monoisotopic (exact) mass is 917 g/mol. The number of imidazole rings is 1. The number of hydrogen-bond donors (Lipinski definition) is 6. The van der Waals surface area contributed by atoms with Gasteiger partial charge in [0.1, 0.15) is 42.0 Å². The van der Waals surface area contributed by atoms with Crippen molar-refractivity contribution in [1.29, 1.82) is 0 Å². The van der Waals surface area contributed by atoms with Crippen LogP contribution in [0.15, 0.2) is 12.7 Å². The Hall–Kier alpha value is 0.230. The van der Waals surface area contributed by atoms with Gasteiger partial charge in [-0.3, -0.25) is 37.4 Å². The number of phosphoric acid groups is 3. The first kappa shape index (κ1) is 57.2. The molecule has 25 nitrogen and oxygen atoms in total. The molecule has 2 aromatic rings. The topological polar surface area (TPSA) is 389 Å². The molecule has 0 aromatic carbocycles. The molecular weight excluding hydrogens is 880 g/mol. The minimum Gasteiger partial charge on any atom is -0.756 e. The summed E-state index contributed by atoms with van der Waals surface area (Å²) in [6, 6.07) is 0. The van der Waals surface area contributed by atoms with E-state index in [1.165, 1.54) is 20.8 Å². The van der Waals surface area contributed by atoms with E-state index in [1.54, 1.807) is 0 Å². The number of carbonyl (C=O) groups is 4. The number of carbonyl (C=O) groups excluding carboxylic acids is 4. The summed E-state index contributed by atoms with van der Waals surface area (Å²) >= 11 is 0.868. The van der Waals surface area contributed by atoms with Gasteiger partial charge in [0, 0.05) is 30.7 Å². The Morgan fingerprint density at radius 3 is 2.30 bits per heavy atom. The van der Waals surface area contributed by atoms with Crippen LogP contribution in [0.25, 0.3) is 11.2 Å². The maximum atomic E-state index is 12.5. The zero-order valence-electron chi connectivity index (χ0n) is 31.6. The van der Waals surface area contributed by atoms with E-state index in [9.17, 15) is 62.7 Å². The van der Waals surface area contributed by atoms with Gasteiger partial charge in [0.05, 0.1) is 26.0 Å². The Kier molecular flexibility index (Phi) is 24.9. The summed E-state index contributed by atoms with van der Waals surface area (Å²) in [5, 5.41) is 25.7. The van der Waals surface area contributed by atoms with Gasteiger partial charge in [0.15, 0.2) is 22.8 Å². The number of hydrogen-bond acceptors (Lipinski definition) is 22. The van der Waals surface area contributed by atoms with Crippen molar-refractivity contribution < 1.29 is 174 Å². The van der Waals surface area contributed by atoms with E-state index in [2.05, 4.69) is 43.5 Å². The minimum absolute atomic E-state index is 0. The van der Waals surface area contributed by atoms with Crippen LogP contribution < -0.4 is 120 Å². The van der Waals surface area contributed by atoms with E-state index in [4.69, 9.17) is 10.5 Å². The fourth-order valence-corrected chi connectivity index (χ4v) is 8.01. The van der Waals surface area contributed by atoms with Crippen LogP contribution >= 0.6 is 35.2 Å². The zero-order valence-corrected chi connectivity index (χ0v) is 41.1. The number of nitrogens with zero attached hydrogens (tertiary/aromatic N) is 4. The zero-order chi connectivity index (χ0) is 40.6. The smallest absolute Gasteiger partial charge is 0.756 e. The van der Waals surface area contributed by atoms with Crippen molar-refractivity contribution in [1.82, 2.24) is 30.2 Å². The second-order valence-electron chi connectivity index (χ2n) is 12.1. The fraction of sp³-hybridized carbons (Fsp3) is 0.640. The van der Waals surface area contributed by atoms with E-state index in [-0.39, 0.29) is 148 Å². The Balaban J connectivity index is 0.0000105. The molecule has 3 unspecified atom stereocenters. The molecule has 2 amide bonds. The Labute approximate surface area is 395 Å². The molecule has 3 heterocycles. The fourth-order valence-electron chi connectivity index (χ4n) is 4.53. The number of thioether (sulfide) groups is 1. The number of nitrogens with two attached hydrogens (primary N) is 1. The number of aliphatic hydroxyl groups excluding tert-OH is 2.